The first kappa shape index (κ1) is 12.7. The standard InChI is InChI=1S/C17H12F2O/c18-15-7-3-5-12(16(15)19)10-13-9-8-11-4-1-2-6-14(11)17(13)20/h1-7,10H,8-9H2. The second kappa shape index (κ2) is 5.00. The normalized spacial score (nSPS) is 16.3. The molecule has 3 heteroatoms. The molecule has 3 rings (SSSR count). The Balaban J connectivity index is 2.02. The molecule has 0 aromatic heterocycles. The number of aryl methyl sites for hydroxylation is 1. The Morgan fingerprint density at radius 1 is 0.950 bits per heavy atom. The average molecular weight is 270 g/mol. The fourth-order valence-corrected chi connectivity index (χ4v) is 2.47. The van der Waals surface area contributed by atoms with Crippen LogP contribution in [0.25, 0.3) is 6.08 Å². The fraction of sp³-hybridized carbons (Fsp3) is 0.118. The quantitative estimate of drug-likeness (QED) is 0.710. The van der Waals surface area contributed by atoms with Crippen molar-refractivity contribution in [2.45, 2.75) is 12.8 Å². The number of Topliss-reactive ketones (excluding diaryl/α,β-unsaturated/α-hetero) is 1. The molecule has 0 aliphatic heterocycles. The predicted molar refractivity (Wildman–Crippen MR) is 73.4 cm³/mol. The van der Waals surface area contributed by atoms with Gasteiger partial charge < -0.3 is 0 Å². The molecule has 0 spiro atoms. The van der Waals surface area contributed by atoms with Gasteiger partial charge in [0.2, 0.25) is 0 Å². The monoisotopic (exact) mass is 270 g/mol. The Morgan fingerprint density at radius 2 is 1.75 bits per heavy atom. The summed E-state index contributed by atoms with van der Waals surface area (Å²) in [5.41, 5.74) is 2.30. The SMILES string of the molecule is O=C1C(=Cc2cccc(F)c2F)CCc2ccccc21. The molecule has 0 saturated heterocycles. The second-order valence-electron chi connectivity index (χ2n) is 4.80. The highest BCUT2D eigenvalue weighted by Crippen LogP contribution is 2.27. The molecule has 0 unspecified atom stereocenters. The molecule has 0 fully saturated rings. The third-order valence-corrected chi connectivity index (χ3v) is 3.53. The van der Waals surface area contributed by atoms with Gasteiger partial charge in [-0.3, -0.25) is 4.79 Å². The van der Waals surface area contributed by atoms with Crippen LogP contribution in [0.1, 0.15) is 27.9 Å². The number of allylic oxidation sites excluding steroid dienone is 1. The van der Waals surface area contributed by atoms with Crippen LogP contribution in [0.15, 0.2) is 48.0 Å². The van der Waals surface area contributed by atoms with Crippen molar-refractivity contribution in [2.75, 3.05) is 0 Å². The van der Waals surface area contributed by atoms with Gasteiger partial charge in [0.15, 0.2) is 17.4 Å². The Kier molecular flexibility index (Phi) is 3.18. The molecule has 0 amide bonds. The maximum absolute atomic E-state index is 13.6. The van der Waals surface area contributed by atoms with E-state index in [1.54, 1.807) is 6.07 Å². The van der Waals surface area contributed by atoms with Crippen LogP contribution in [0.3, 0.4) is 0 Å². The predicted octanol–water partition coefficient (Wildman–Crippen LogP) is 4.18. The lowest BCUT2D eigenvalue weighted by Crippen LogP contribution is -2.13. The zero-order valence-corrected chi connectivity index (χ0v) is 10.7. The van der Waals surface area contributed by atoms with Crippen molar-refractivity contribution in [3.05, 3.63) is 76.4 Å². The number of halogens is 2. The number of benzene rings is 2. The van der Waals surface area contributed by atoms with Gasteiger partial charge in [0.05, 0.1) is 0 Å². The van der Waals surface area contributed by atoms with Gasteiger partial charge >= 0.3 is 0 Å². The lowest BCUT2D eigenvalue weighted by molar-refractivity contribution is 0.102. The lowest BCUT2D eigenvalue weighted by Gasteiger charge is -2.17. The lowest BCUT2D eigenvalue weighted by atomic mass is 9.86. The van der Waals surface area contributed by atoms with Gasteiger partial charge in [-0.05, 0) is 30.5 Å². The summed E-state index contributed by atoms with van der Waals surface area (Å²) in [5, 5.41) is 0. The van der Waals surface area contributed by atoms with Crippen LogP contribution < -0.4 is 0 Å². The molecule has 0 N–H and O–H groups in total. The molecule has 100 valence electrons. The van der Waals surface area contributed by atoms with Crippen LogP contribution in [0.2, 0.25) is 0 Å². The summed E-state index contributed by atoms with van der Waals surface area (Å²) in [5.74, 6) is -1.91. The van der Waals surface area contributed by atoms with Crippen molar-refractivity contribution >= 4 is 11.9 Å². The summed E-state index contributed by atoms with van der Waals surface area (Å²) >= 11 is 0. The van der Waals surface area contributed by atoms with Crippen molar-refractivity contribution in [3.63, 3.8) is 0 Å². The van der Waals surface area contributed by atoms with E-state index in [9.17, 15) is 13.6 Å². The summed E-state index contributed by atoms with van der Waals surface area (Å²) in [6, 6.07) is 11.4. The summed E-state index contributed by atoms with van der Waals surface area (Å²) in [6.07, 6.45) is 2.74. The largest absolute Gasteiger partial charge is 0.289 e. The molecule has 2 aromatic rings. The van der Waals surface area contributed by atoms with Crippen LogP contribution in [0, 0.1) is 11.6 Å². The zero-order chi connectivity index (χ0) is 14.1. The van der Waals surface area contributed by atoms with Crippen molar-refractivity contribution in [3.8, 4) is 0 Å². The van der Waals surface area contributed by atoms with Gasteiger partial charge in [-0.25, -0.2) is 8.78 Å². The van der Waals surface area contributed by atoms with Crippen molar-refractivity contribution in [2.24, 2.45) is 0 Å². The van der Waals surface area contributed by atoms with Crippen molar-refractivity contribution in [1.29, 1.82) is 0 Å². The Hall–Kier alpha value is -2.29. The van der Waals surface area contributed by atoms with Gasteiger partial charge in [-0.2, -0.15) is 0 Å². The Bertz CT molecular complexity index is 717. The zero-order valence-electron chi connectivity index (χ0n) is 10.7. The maximum atomic E-state index is 13.6. The molecule has 0 radical (unpaired) electrons. The molecular weight excluding hydrogens is 258 g/mol. The fourth-order valence-electron chi connectivity index (χ4n) is 2.47. The highest BCUT2D eigenvalue weighted by Gasteiger charge is 2.21. The van der Waals surface area contributed by atoms with Gasteiger partial charge in [-0.1, -0.05) is 36.4 Å². The number of hydrogen-bond donors (Lipinski definition) is 0. The number of fused-ring (bicyclic) bond motifs is 1. The molecule has 0 atom stereocenters. The summed E-state index contributed by atoms with van der Waals surface area (Å²) < 4.78 is 26.8. The number of ketones is 1. The van der Waals surface area contributed by atoms with Gasteiger partial charge in [0, 0.05) is 16.7 Å². The molecule has 0 heterocycles. The summed E-state index contributed by atoms with van der Waals surface area (Å²) in [6.45, 7) is 0. The smallest absolute Gasteiger partial charge is 0.189 e. The molecule has 0 saturated carbocycles. The number of hydrogen-bond acceptors (Lipinski definition) is 1. The first-order valence-electron chi connectivity index (χ1n) is 6.44. The minimum atomic E-state index is -0.911. The van der Waals surface area contributed by atoms with E-state index in [-0.39, 0.29) is 11.3 Å². The Morgan fingerprint density at radius 3 is 2.60 bits per heavy atom. The van der Waals surface area contributed by atoms with Gasteiger partial charge in [0.25, 0.3) is 0 Å². The van der Waals surface area contributed by atoms with E-state index in [1.165, 1.54) is 18.2 Å². The molecule has 1 aliphatic carbocycles. The number of carbonyl (C=O) groups is 1. The molecule has 20 heavy (non-hydrogen) atoms. The third kappa shape index (κ3) is 2.16. The van der Waals surface area contributed by atoms with Crippen LogP contribution in [-0.4, -0.2) is 5.78 Å². The van der Waals surface area contributed by atoms with Crippen LogP contribution in [-0.2, 0) is 6.42 Å². The highest BCUT2D eigenvalue weighted by atomic mass is 19.2. The molecule has 0 bridgehead atoms. The first-order valence-corrected chi connectivity index (χ1v) is 6.44. The first-order chi connectivity index (χ1) is 9.66. The summed E-state index contributed by atoms with van der Waals surface area (Å²) in [7, 11) is 0. The number of rotatable bonds is 1. The van der Waals surface area contributed by atoms with Crippen LogP contribution in [0.5, 0.6) is 0 Å². The highest BCUT2D eigenvalue weighted by molar-refractivity contribution is 6.13. The molecule has 1 aliphatic rings. The minimum Gasteiger partial charge on any atom is -0.289 e. The topological polar surface area (TPSA) is 17.1 Å². The molecule has 1 nitrogen and oxygen atoms in total. The summed E-state index contributed by atoms with van der Waals surface area (Å²) in [4.78, 5) is 12.3. The second-order valence-corrected chi connectivity index (χ2v) is 4.80. The van der Waals surface area contributed by atoms with E-state index in [1.807, 2.05) is 18.2 Å². The minimum absolute atomic E-state index is 0.101. The van der Waals surface area contributed by atoms with E-state index in [0.29, 0.717) is 17.6 Å². The van der Waals surface area contributed by atoms with Crippen LogP contribution in [0.4, 0.5) is 8.78 Å². The van der Waals surface area contributed by atoms with Crippen molar-refractivity contribution < 1.29 is 13.6 Å². The molecular formula is C17H12F2O. The Labute approximate surface area is 115 Å². The average Bonchev–Trinajstić information content (AvgIpc) is 2.47. The van der Waals surface area contributed by atoms with E-state index in [4.69, 9.17) is 0 Å². The van der Waals surface area contributed by atoms with E-state index in [0.717, 1.165) is 18.1 Å². The van der Waals surface area contributed by atoms with E-state index < -0.39 is 11.6 Å². The van der Waals surface area contributed by atoms with Crippen LogP contribution >= 0.6 is 0 Å². The van der Waals surface area contributed by atoms with E-state index >= 15 is 0 Å². The number of carbonyl (C=O) groups excluding carboxylic acids is 1. The molecule has 2 aromatic carbocycles. The van der Waals surface area contributed by atoms with Gasteiger partial charge in [0.1, 0.15) is 0 Å². The van der Waals surface area contributed by atoms with Crippen molar-refractivity contribution in [1.82, 2.24) is 0 Å². The van der Waals surface area contributed by atoms with Gasteiger partial charge in [-0.15, -0.1) is 0 Å². The maximum Gasteiger partial charge on any atom is 0.189 e. The van der Waals surface area contributed by atoms with E-state index in [2.05, 4.69) is 0 Å². The third-order valence-electron chi connectivity index (χ3n) is 3.53.